The minimum absolute atomic E-state index is 0.0705. The van der Waals surface area contributed by atoms with Gasteiger partial charge in [0.2, 0.25) is 0 Å². The van der Waals surface area contributed by atoms with Gasteiger partial charge < -0.3 is 9.47 Å². The van der Waals surface area contributed by atoms with Gasteiger partial charge in [-0.1, -0.05) is 36.4 Å². The number of carbonyl (C=O) groups is 1. The average molecular weight is 428 g/mol. The van der Waals surface area contributed by atoms with Crippen LogP contribution in [-0.4, -0.2) is 37.8 Å². The highest BCUT2D eigenvalue weighted by Gasteiger charge is 2.26. The molecule has 1 aromatic carbocycles. The highest BCUT2D eigenvalue weighted by atomic mass is 16.2. The van der Waals surface area contributed by atoms with Gasteiger partial charge in [0.15, 0.2) is 0 Å². The van der Waals surface area contributed by atoms with Crippen molar-refractivity contribution in [1.82, 2.24) is 18.9 Å². The molecule has 1 N–H and O–H groups in total. The Hall–Kier alpha value is -3.74. The average Bonchev–Trinajstić information content (AvgIpc) is 2.83. The molecule has 0 saturated carbocycles. The molecule has 162 valence electrons. The molecular formula is C25H25N5O2. The van der Waals surface area contributed by atoms with E-state index in [-0.39, 0.29) is 22.5 Å². The van der Waals surface area contributed by atoms with Gasteiger partial charge in [-0.25, -0.2) is 4.98 Å². The molecule has 4 aromatic rings. The van der Waals surface area contributed by atoms with E-state index in [0.29, 0.717) is 35.7 Å². The summed E-state index contributed by atoms with van der Waals surface area (Å²) < 4.78 is 2.99. The maximum Gasteiger partial charge on any atom is 0.267 e. The first-order valence-corrected chi connectivity index (χ1v) is 10.9. The van der Waals surface area contributed by atoms with Gasteiger partial charge in [-0.3, -0.25) is 19.4 Å². The van der Waals surface area contributed by atoms with E-state index in [1.165, 1.54) is 14.5 Å². The Bertz CT molecular complexity index is 1430. The van der Waals surface area contributed by atoms with Gasteiger partial charge in [0.25, 0.3) is 11.5 Å². The first kappa shape index (κ1) is 20.2. The number of likely N-dealkylation sites (tertiary alicyclic amines) is 1. The molecule has 0 aliphatic carbocycles. The Balaban J connectivity index is 1.43. The number of hydrogen-bond donors (Lipinski definition) is 1. The lowest BCUT2D eigenvalue weighted by Gasteiger charge is -2.32. The Morgan fingerprint density at radius 2 is 1.81 bits per heavy atom. The number of aryl methyl sites for hydroxylation is 1. The number of rotatable bonds is 3. The molecule has 1 fully saturated rings. The zero-order valence-corrected chi connectivity index (χ0v) is 18.0. The molecule has 7 nitrogen and oxygen atoms in total. The lowest BCUT2D eigenvalue weighted by Crippen LogP contribution is -2.42. The van der Waals surface area contributed by atoms with E-state index in [1.807, 2.05) is 17.0 Å². The van der Waals surface area contributed by atoms with E-state index in [1.54, 1.807) is 31.4 Å². The molecule has 5 rings (SSSR count). The summed E-state index contributed by atoms with van der Waals surface area (Å²) >= 11 is 0. The van der Waals surface area contributed by atoms with Crippen LogP contribution in [0.3, 0.4) is 0 Å². The first-order chi connectivity index (χ1) is 15.5. The zero-order valence-electron chi connectivity index (χ0n) is 18.0. The number of nitrogens with one attached hydrogen (secondary N) is 1. The summed E-state index contributed by atoms with van der Waals surface area (Å²) in [6, 6.07) is 17.3. The molecule has 1 aliphatic rings. The number of fused-ring (bicyclic) bond motifs is 2. The number of benzene rings is 1. The maximum absolute atomic E-state index is 13.3. The Labute approximate surface area is 185 Å². The summed E-state index contributed by atoms with van der Waals surface area (Å²) in [6.45, 7) is 1.32. The summed E-state index contributed by atoms with van der Waals surface area (Å²) in [5, 5.41) is 8.90. The number of pyridine rings is 2. The van der Waals surface area contributed by atoms with Crippen LogP contribution in [0.25, 0.3) is 16.7 Å². The number of hydrogen-bond acceptors (Lipinski definition) is 4. The van der Waals surface area contributed by atoms with Gasteiger partial charge in [0.05, 0.1) is 10.9 Å². The smallest absolute Gasteiger partial charge is 0.267 e. The van der Waals surface area contributed by atoms with Crippen molar-refractivity contribution in [2.24, 2.45) is 13.0 Å². The van der Waals surface area contributed by atoms with Crippen LogP contribution in [0.5, 0.6) is 0 Å². The minimum atomic E-state index is -0.239. The topological polar surface area (TPSA) is 83.5 Å². The van der Waals surface area contributed by atoms with Crippen LogP contribution < -0.4 is 11.0 Å². The fraction of sp³-hybridized carbons (Fsp3) is 0.280. The van der Waals surface area contributed by atoms with Crippen LogP contribution in [0.4, 0.5) is 0 Å². The van der Waals surface area contributed by atoms with Gasteiger partial charge in [-0.2, -0.15) is 0 Å². The number of nitrogens with zero attached hydrogens (tertiary/aromatic N) is 4. The number of aromatic nitrogens is 3. The summed E-state index contributed by atoms with van der Waals surface area (Å²) in [7, 11) is 1.68. The van der Waals surface area contributed by atoms with Gasteiger partial charge in [-0.05, 0) is 48.9 Å². The summed E-state index contributed by atoms with van der Waals surface area (Å²) in [5.74, 6) is 0.355. The summed E-state index contributed by atoms with van der Waals surface area (Å²) in [4.78, 5) is 32.7. The molecule has 0 radical (unpaired) electrons. The van der Waals surface area contributed by atoms with Gasteiger partial charge in [0.1, 0.15) is 16.8 Å². The molecule has 0 unspecified atom stereocenters. The van der Waals surface area contributed by atoms with E-state index in [4.69, 9.17) is 5.41 Å². The fourth-order valence-electron chi connectivity index (χ4n) is 4.59. The Morgan fingerprint density at radius 1 is 1.09 bits per heavy atom. The lowest BCUT2D eigenvalue weighted by molar-refractivity contribution is 0.0688. The summed E-state index contributed by atoms with van der Waals surface area (Å²) in [6.07, 6.45) is 4.55. The van der Waals surface area contributed by atoms with Crippen molar-refractivity contribution < 1.29 is 4.79 Å². The number of piperidine rings is 1. The number of carbonyl (C=O) groups excluding carboxylic acids is 1. The van der Waals surface area contributed by atoms with Crippen LogP contribution in [0.1, 0.15) is 28.8 Å². The van der Waals surface area contributed by atoms with E-state index in [2.05, 4.69) is 29.2 Å². The molecule has 0 spiro atoms. The Kier molecular flexibility index (Phi) is 5.09. The van der Waals surface area contributed by atoms with Crippen molar-refractivity contribution in [3.63, 3.8) is 0 Å². The van der Waals surface area contributed by atoms with Crippen molar-refractivity contribution in [2.45, 2.75) is 19.3 Å². The van der Waals surface area contributed by atoms with Crippen molar-refractivity contribution in [3.05, 3.63) is 87.8 Å². The predicted molar refractivity (Wildman–Crippen MR) is 123 cm³/mol. The minimum Gasteiger partial charge on any atom is -0.339 e. The Morgan fingerprint density at radius 3 is 2.56 bits per heavy atom. The van der Waals surface area contributed by atoms with Crippen molar-refractivity contribution in [1.29, 1.82) is 5.41 Å². The second-order valence-electron chi connectivity index (χ2n) is 8.47. The standard InChI is InChI=1S/C25H25N5O2/c1-28-22(26)19(16-20-23(28)27-21-9-5-6-12-30(21)25(20)32)24(31)29-13-10-18(11-14-29)15-17-7-3-2-4-8-17/h2-9,12,16,18,26H,10-11,13-15H2,1H3. The molecular weight excluding hydrogens is 402 g/mol. The zero-order chi connectivity index (χ0) is 22.2. The number of amides is 1. The van der Waals surface area contributed by atoms with Crippen LogP contribution >= 0.6 is 0 Å². The van der Waals surface area contributed by atoms with Crippen molar-refractivity contribution in [3.8, 4) is 0 Å². The van der Waals surface area contributed by atoms with Crippen LogP contribution in [0.15, 0.2) is 65.6 Å². The van der Waals surface area contributed by atoms with Crippen molar-refractivity contribution in [2.75, 3.05) is 13.1 Å². The van der Waals surface area contributed by atoms with Crippen molar-refractivity contribution >= 4 is 22.6 Å². The second-order valence-corrected chi connectivity index (χ2v) is 8.47. The van der Waals surface area contributed by atoms with Gasteiger partial charge in [0, 0.05) is 26.3 Å². The molecule has 4 heterocycles. The molecule has 0 atom stereocenters. The van der Waals surface area contributed by atoms with E-state index < -0.39 is 0 Å². The van der Waals surface area contributed by atoms with E-state index >= 15 is 0 Å². The normalized spacial score (nSPS) is 14.8. The molecule has 1 amide bonds. The molecule has 3 aromatic heterocycles. The van der Waals surface area contributed by atoms with E-state index in [9.17, 15) is 9.59 Å². The fourth-order valence-corrected chi connectivity index (χ4v) is 4.59. The first-order valence-electron chi connectivity index (χ1n) is 10.9. The van der Waals surface area contributed by atoms with Crippen LogP contribution in [-0.2, 0) is 13.5 Å². The molecule has 0 bridgehead atoms. The van der Waals surface area contributed by atoms with Crippen LogP contribution in [0.2, 0.25) is 0 Å². The maximum atomic E-state index is 13.3. The highest BCUT2D eigenvalue weighted by molar-refractivity contribution is 5.96. The molecule has 32 heavy (non-hydrogen) atoms. The SMILES string of the molecule is Cn1c(=N)c(C(=O)N2CCC(Cc3ccccc3)CC2)cc2c(=O)n3ccccc3nc21. The summed E-state index contributed by atoms with van der Waals surface area (Å²) in [5.41, 5.74) is 2.32. The monoisotopic (exact) mass is 427 g/mol. The molecule has 7 heteroatoms. The van der Waals surface area contributed by atoms with Gasteiger partial charge in [-0.15, -0.1) is 0 Å². The van der Waals surface area contributed by atoms with Crippen LogP contribution in [0, 0.1) is 11.3 Å². The third-order valence-electron chi connectivity index (χ3n) is 6.45. The second kappa shape index (κ2) is 8.07. The molecule has 1 saturated heterocycles. The quantitative estimate of drug-likeness (QED) is 0.511. The largest absolute Gasteiger partial charge is 0.339 e. The third kappa shape index (κ3) is 3.49. The molecule has 1 aliphatic heterocycles. The lowest BCUT2D eigenvalue weighted by atomic mass is 9.90. The predicted octanol–water partition coefficient (Wildman–Crippen LogP) is 2.76. The van der Waals surface area contributed by atoms with E-state index in [0.717, 1.165) is 19.3 Å². The third-order valence-corrected chi connectivity index (χ3v) is 6.45. The highest BCUT2D eigenvalue weighted by Crippen LogP contribution is 2.23. The van der Waals surface area contributed by atoms with Gasteiger partial charge >= 0.3 is 0 Å².